The van der Waals surface area contributed by atoms with Crippen molar-refractivity contribution in [2.45, 2.75) is 6.42 Å². The van der Waals surface area contributed by atoms with Crippen molar-refractivity contribution < 1.29 is 0 Å². The minimum atomic E-state index is 0.699. The van der Waals surface area contributed by atoms with Crippen LogP contribution in [0.25, 0.3) is 27.9 Å². The first-order chi connectivity index (χ1) is 13.9. The van der Waals surface area contributed by atoms with Gasteiger partial charge in [-0.05, 0) is 24.3 Å². The molecule has 0 aliphatic rings. The van der Waals surface area contributed by atoms with Gasteiger partial charge in [0, 0.05) is 30.1 Å². The van der Waals surface area contributed by atoms with Gasteiger partial charge in [0.15, 0.2) is 11.5 Å². The molecule has 2 aromatic carbocycles. The topological polar surface area (TPSA) is 68.0 Å². The Morgan fingerprint density at radius 1 is 0.786 bits per heavy atom. The van der Waals surface area contributed by atoms with E-state index >= 15 is 0 Å². The van der Waals surface area contributed by atoms with Crippen LogP contribution >= 0.6 is 0 Å². The van der Waals surface area contributed by atoms with E-state index in [1.54, 1.807) is 0 Å². The molecule has 3 heterocycles. The van der Waals surface area contributed by atoms with Crippen molar-refractivity contribution in [3.05, 3.63) is 84.8 Å². The van der Waals surface area contributed by atoms with E-state index in [1.807, 2.05) is 83.4 Å². The number of rotatable bonds is 5. The molecule has 5 rings (SSSR count). The molecule has 0 unspecified atom stereocenters. The summed E-state index contributed by atoms with van der Waals surface area (Å²) in [6.45, 7) is 0.699. The van der Waals surface area contributed by atoms with Crippen LogP contribution in [0.1, 0.15) is 5.82 Å². The maximum absolute atomic E-state index is 4.79. The van der Waals surface area contributed by atoms with Crippen LogP contribution in [0.4, 0.5) is 5.82 Å². The molecule has 0 bridgehead atoms. The van der Waals surface area contributed by atoms with Gasteiger partial charge in [0.2, 0.25) is 0 Å². The highest BCUT2D eigenvalue weighted by atomic mass is 15.2. The average molecular weight is 366 g/mol. The maximum atomic E-state index is 4.79. The zero-order chi connectivity index (χ0) is 18.8. The van der Waals surface area contributed by atoms with Gasteiger partial charge in [-0.15, -0.1) is 10.2 Å². The van der Waals surface area contributed by atoms with Gasteiger partial charge in [-0.2, -0.15) is 0 Å². The van der Waals surface area contributed by atoms with Crippen molar-refractivity contribution in [3.63, 3.8) is 0 Å². The lowest BCUT2D eigenvalue weighted by Gasteiger charge is -2.11. The van der Waals surface area contributed by atoms with E-state index in [-0.39, 0.29) is 0 Å². The fourth-order valence-corrected chi connectivity index (χ4v) is 3.28. The molecule has 0 amide bonds. The van der Waals surface area contributed by atoms with Gasteiger partial charge in [0.1, 0.15) is 11.6 Å². The Morgan fingerprint density at radius 3 is 2.54 bits per heavy atom. The molecule has 0 aliphatic carbocycles. The molecule has 136 valence electrons. The number of anilines is 1. The van der Waals surface area contributed by atoms with Gasteiger partial charge >= 0.3 is 0 Å². The fourth-order valence-electron chi connectivity index (χ4n) is 3.28. The zero-order valence-electron chi connectivity index (χ0n) is 15.2. The molecule has 0 fully saturated rings. The number of hydrogen-bond acceptors (Lipinski definition) is 5. The average Bonchev–Trinajstić information content (AvgIpc) is 3.17. The molecular formula is C22H18N6. The Bertz CT molecular complexity index is 1250. The number of nitrogens with zero attached hydrogens (tertiary/aromatic N) is 5. The zero-order valence-corrected chi connectivity index (χ0v) is 15.2. The molecular weight excluding hydrogens is 348 g/mol. The Balaban J connectivity index is 1.44. The second-order valence-corrected chi connectivity index (χ2v) is 6.50. The minimum Gasteiger partial charge on any atom is -0.369 e. The van der Waals surface area contributed by atoms with E-state index in [0.717, 1.165) is 46.0 Å². The largest absolute Gasteiger partial charge is 0.369 e. The van der Waals surface area contributed by atoms with Crippen LogP contribution in [0.3, 0.4) is 0 Å². The second kappa shape index (κ2) is 7.08. The first kappa shape index (κ1) is 16.4. The molecule has 0 spiro atoms. The lowest BCUT2D eigenvalue weighted by Crippen LogP contribution is -2.10. The van der Waals surface area contributed by atoms with Crippen LogP contribution in [0.15, 0.2) is 79.0 Å². The third-order valence-corrected chi connectivity index (χ3v) is 4.66. The monoisotopic (exact) mass is 366 g/mol. The Hall–Kier alpha value is -3.80. The van der Waals surface area contributed by atoms with Crippen molar-refractivity contribution in [2.75, 3.05) is 11.9 Å². The number of nitrogens with one attached hydrogen (secondary N) is 1. The van der Waals surface area contributed by atoms with E-state index < -0.39 is 0 Å². The molecule has 0 saturated carbocycles. The number of benzene rings is 2. The predicted molar refractivity (Wildman–Crippen MR) is 110 cm³/mol. The SMILES string of the molecule is c1ccc(-c2nc(NCCc3nnc4ccccn34)c3ccccc3n2)cc1. The summed E-state index contributed by atoms with van der Waals surface area (Å²) in [7, 11) is 0. The summed E-state index contributed by atoms with van der Waals surface area (Å²) in [6, 6.07) is 24.0. The number of hydrogen-bond donors (Lipinski definition) is 1. The van der Waals surface area contributed by atoms with Crippen LogP contribution in [-0.2, 0) is 6.42 Å². The van der Waals surface area contributed by atoms with Crippen LogP contribution in [-0.4, -0.2) is 31.1 Å². The van der Waals surface area contributed by atoms with Gasteiger partial charge in [-0.3, -0.25) is 4.40 Å². The highest BCUT2D eigenvalue weighted by Crippen LogP contribution is 2.24. The summed E-state index contributed by atoms with van der Waals surface area (Å²) in [5.41, 5.74) is 2.78. The van der Waals surface area contributed by atoms with Crippen molar-refractivity contribution in [2.24, 2.45) is 0 Å². The van der Waals surface area contributed by atoms with Gasteiger partial charge in [0.05, 0.1) is 5.52 Å². The summed E-state index contributed by atoms with van der Waals surface area (Å²) in [6.07, 6.45) is 2.72. The summed E-state index contributed by atoms with van der Waals surface area (Å²) in [5, 5.41) is 13.0. The van der Waals surface area contributed by atoms with Crippen molar-refractivity contribution in [3.8, 4) is 11.4 Å². The molecule has 0 aliphatic heterocycles. The lowest BCUT2D eigenvalue weighted by molar-refractivity contribution is 0.868. The van der Waals surface area contributed by atoms with Crippen LogP contribution < -0.4 is 5.32 Å². The number of aromatic nitrogens is 5. The molecule has 0 saturated heterocycles. The number of para-hydroxylation sites is 1. The van der Waals surface area contributed by atoms with E-state index in [4.69, 9.17) is 9.97 Å². The first-order valence-corrected chi connectivity index (χ1v) is 9.23. The van der Waals surface area contributed by atoms with E-state index in [0.29, 0.717) is 6.54 Å². The Kier molecular flexibility index (Phi) is 4.14. The molecule has 3 aromatic heterocycles. The smallest absolute Gasteiger partial charge is 0.162 e. The molecule has 0 atom stereocenters. The molecule has 1 N–H and O–H groups in total. The van der Waals surface area contributed by atoms with Crippen molar-refractivity contribution in [1.82, 2.24) is 24.6 Å². The molecule has 5 aromatic rings. The van der Waals surface area contributed by atoms with E-state index in [9.17, 15) is 0 Å². The maximum Gasteiger partial charge on any atom is 0.162 e. The normalized spacial score (nSPS) is 11.1. The third kappa shape index (κ3) is 3.05. The lowest BCUT2D eigenvalue weighted by atomic mass is 10.2. The quantitative estimate of drug-likeness (QED) is 0.509. The standard InChI is InChI=1S/C22H18N6/c1-2-8-16(9-3-1)21-24-18-11-5-4-10-17(18)22(25-21)23-14-13-20-27-26-19-12-6-7-15-28(19)20/h1-12,15H,13-14H2,(H,23,24,25). The van der Waals surface area contributed by atoms with Gasteiger partial charge in [-0.1, -0.05) is 48.5 Å². The summed E-state index contributed by atoms with van der Waals surface area (Å²) >= 11 is 0. The van der Waals surface area contributed by atoms with Crippen LogP contribution in [0, 0.1) is 0 Å². The van der Waals surface area contributed by atoms with E-state index in [2.05, 4.69) is 15.5 Å². The van der Waals surface area contributed by atoms with Crippen LogP contribution in [0.5, 0.6) is 0 Å². The van der Waals surface area contributed by atoms with Crippen LogP contribution in [0.2, 0.25) is 0 Å². The summed E-state index contributed by atoms with van der Waals surface area (Å²) < 4.78 is 2.01. The number of pyridine rings is 1. The second-order valence-electron chi connectivity index (χ2n) is 6.50. The van der Waals surface area contributed by atoms with Crippen molar-refractivity contribution >= 4 is 22.4 Å². The minimum absolute atomic E-state index is 0.699. The molecule has 28 heavy (non-hydrogen) atoms. The molecule has 6 heteroatoms. The van der Waals surface area contributed by atoms with Gasteiger partial charge in [-0.25, -0.2) is 9.97 Å². The summed E-state index contributed by atoms with van der Waals surface area (Å²) in [4.78, 5) is 9.51. The Labute approximate surface area is 161 Å². The fraction of sp³-hybridized carbons (Fsp3) is 0.0909. The molecule has 6 nitrogen and oxygen atoms in total. The predicted octanol–water partition coefficient (Wildman–Crippen LogP) is 3.99. The third-order valence-electron chi connectivity index (χ3n) is 4.66. The first-order valence-electron chi connectivity index (χ1n) is 9.23. The molecule has 0 radical (unpaired) electrons. The van der Waals surface area contributed by atoms with Crippen molar-refractivity contribution in [1.29, 1.82) is 0 Å². The van der Waals surface area contributed by atoms with Gasteiger partial charge < -0.3 is 5.32 Å². The van der Waals surface area contributed by atoms with E-state index in [1.165, 1.54) is 0 Å². The number of fused-ring (bicyclic) bond motifs is 2. The Morgan fingerprint density at radius 2 is 1.61 bits per heavy atom. The highest BCUT2D eigenvalue weighted by molar-refractivity contribution is 5.90. The van der Waals surface area contributed by atoms with Gasteiger partial charge in [0.25, 0.3) is 0 Å². The summed E-state index contributed by atoms with van der Waals surface area (Å²) in [5.74, 6) is 2.47. The highest BCUT2D eigenvalue weighted by Gasteiger charge is 2.10.